The lowest BCUT2D eigenvalue weighted by atomic mass is 10.1. The Bertz CT molecular complexity index is 385. The van der Waals surface area contributed by atoms with Gasteiger partial charge in [0.1, 0.15) is 5.69 Å². The number of rotatable bonds is 5. The van der Waals surface area contributed by atoms with Crippen molar-refractivity contribution in [3.05, 3.63) is 18.0 Å². The predicted molar refractivity (Wildman–Crippen MR) is 67.7 cm³/mol. The Labute approximate surface area is 102 Å². The molecule has 0 aliphatic carbocycles. The highest BCUT2D eigenvalue weighted by molar-refractivity contribution is 5.94. The Kier molecular flexibility index (Phi) is 4.57. The number of nitrogens with two attached hydrogens (primary N) is 1. The van der Waals surface area contributed by atoms with Gasteiger partial charge in [0, 0.05) is 12.7 Å². The molecule has 1 rings (SSSR count). The summed E-state index contributed by atoms with van der Waals surface area (Å²) in [5.41, 5.74) is 6.77. The van der Waals surface area contributed by atoms with Crippen molar-refractivity contribution in [2.75, 3.05) is 12.3 Å². The second-order valence-corrected chi connectivity index (χ2v) is 4.45. The van der Waals surface area contributed by atoms with E-state index in [0.717, 1.165) is 0 Å². The Balaban J connectivity index is 2.81. The largest absolute Gasteiger partial charge is 0.397 e. The number of hydrogen-bond donors (Lipinski definition) is 3. The lowest BCUT2D eigenvalue weighted by molar-refractivity contribution is 0.0887. The molecule has 0 radical (unpaired) electrons. The average Bonchev–Trinajstić information content (AvgIpc) is 2.66. The van der Waals surface area contributed by atoms with Gasteiger partial charge in [-0.25, -0.2) is 0 Å². The summed E-state index contributed by atoms with van der Waals surface area (Å²) in [5.74, 6) is -0.0114. The normalized spacial score (nSPS) is 12.8. The fourth-order valence-corrected chi connectivity index (χ4v) is 1.65. The number of nitrogen functional groups attached to an aromatic ring is 1. The molecule has 96 valence electrons. The van der Waals surface area contributed by atoms with Crippen LogP contribution >= 0.6 is 0 Å². The fourth-order valence-electron chi connectivity index (χ4n) is 1.65. The van der Waals surface area contributed by atoms with Crippen LogP contribution in [0.1, 0.15) is 31.3 Å². The highest BCUT2D eigenvalue weighted by Gasteiger charge is 2.18. The molecule has 1 atom stereocenters. The van der Waals surface area contributed by atoms with Crippen molar-refractivity contribution in [2.45, 2.75) is 33.4 Å². The third kappa shape index (κ3) is 3.23. The standard InChI is InChI=1S/C12H21N3O2/c1-4-15-6-9(13)5-11(15)12(17)14-10(7-16)8(2)3/h5-6,8,10,16H,4,7,13H2,1-3H3,(H,14,17). The van der Waals surface area contributed by atoms with Crippen molar-refractivity contribution in [3.63, 3.8) is 0 Å². The summed E-state index contributed by atoms with van der Waals surface area (Å²) in [5, 5.41) is 12.0. The molecule has 1 heterocycles. The van der Waals surface area contributed by atoms with Gasteiger partial charge in [-0.15, -0.1) is 0 Å². The number of aliphatic hydroxyl groups is 1. The van der Waals surface area contributed by atoms with Gasteiger partial charge in [0.05, 0.1) is 18.3 Å². The number of anilines is 1. The van der Waals surface area contributed by atoms with E-state index in [1.54, 1.807) is 16.8 Å². The highest BCUT2D eigenvalue weighted by atomic mass is 16.3. The third-order valence-corrected chi connectivity index (χ3v) is 2.81. The molecule has 0 spiro atoms. The first-order chi connectivity index (χ1) is 7.99. The first-order valence-electron chi connectivity index (χ1n) is 5.87. The van der Waals surface area contributed by atoms with E-state index in [-0.39, 0.29) is 24.5 Å². The van der Waals surface area contributed by atoms with Gasteiger partial charge in [0.15, 0.2) is 0 Å². The number of aliphatic hydroxyl groups excluding tert-OH is 1. The van der Waals surface area contributed by atoms with Gasteiger partial charge in [-0.2, -0.15) is 0 Å². The van der Waals surface area contributed by atoms with Gasteiger partial charge in [0.25, 0.3) is 5.91 Å². The van der Waals surface area contributed by atoms with Crippen LogP contribution < -0.4 is 11.1 Å². The molecule has 0 saturated carbocycles. The molecule has 0 saturated heterocycles. The van der Waals surface area contributed by atoms with E-state index in [4.69, 9.17) is 5.73 Å². The SMILES string of the molecule is CCn1cc(N)cc1C(=O)NC(CO)C(C)C. The molecule has 1 aromatic rings. The molecule has 4 N–H and O–H groups in total. The molecule has 1 unspecified atom stereocenters. The number of aryl methyl sites for hydroxylation is 1. The number of aromatic nitrogens is 1. The zero-order chi connectivity index (χ0) is 13.0. The van der Waals surface area contributed by atoms with Crippen LogP contribution in [0.5, 0.6) is 0 Å². The molecular formula is C12H21N3O2. The first kappa shape index (κ1) is 13.6. The van der Waals surface area contributed by atoms with Gasteiger partial charge in [-0.1, -0.05) is 13.8 Å². The minimum absolute atomic E-state index is 0.0638. The maximum atomic E-state index is 12.0. The summed E-state index contributed by atoms with van der Waals surface area (Å²) >= 11 is 0. The molecule has 0 fully saturated rings. The van der Waals surface area contributed by atoms with Crippen LogP contribution in [-0.2, 0) is 6.54 Å². The van der Waals surface area contributed by atoms with E-state index in [9.17, 15) is 9.90 Å². The second-order valence-electron chi connectivity index (χ2n) is 4.45. The Morgan fingerprint density at radius 2 is 2.24 bits per heavy atom. The van der Waals surface area contributed by atoms with Crippen LogP contribution in [0, 0.1) is 5.92 Å². The lowest BCUT2D eigenvalue weighted by Gasteiger charge is -2.20. The van der Waals surface area contributed by atoms with Gasteiger partial charge in [-0.05, 0) is 18.9 Å². The maximum Gasteiger partial charge on any atom is 0.268 e. The van der Waals surface area contributed by atoms with Gasteiger partial charge in [0.2, 0.25) is 0 Å². The zero-order valence-electron chi connectivity index (χ0n) is 10.6. The second kappa shape index (κ2) is 5.72. The molecule has 0 aliphatic heterocycles. The van der Waals surface area contributed by atoms with Crippen molar-refractivity contribution in [2.24, 2.45) is 5.92 Å². The van der Waals surface area contributed by atoms with Crippen LogP contribution in [0.25, 0.3) is 0 Å². The molecular weight excluding hydrogens is 218 g/mol. The summed E-state index contributed by atoms with van der Waals surface area (Å²) in [6.07, 6.45) is 1.73. The highest BCUT2D eigenvalue weighted by Crippen LogP contribution is 2.11. The average molecular weight is 239 g/mol. The molecule has 5 nitrogen and oxygen atoms in total. The maximum absolute atomic E-state index is 12.0. The fraction of sp³-hybridized carbons (Fsp3) is 0.583. The molecule has 1 aromatic heterocycles. The predicted octanol–water partition coefficient (Wildman–Crippen LogP) is 0.837. The van der Waals surface area contributed by atoms with Crippen LogP contribution in [0.3, 0.4) is 0 Å². The quantitative estimate of drug-likeness (QED) is 0.712. The summed E-state index contributed by atoms with van der Waals surface area (Å²) < 4.78 is 1.79. The Morgan fingerprint density at radius 1 is 1.59 bits per heavy atom. The molecule has 0 aromatic carbocycles. The van der Waals surface area contributed by atoms with Crippen LogP contribution in [0.2, 0.25) is 0 Å². The molecule has 1 amide bonds. The van der Waals surface area contributed by atoms with Crippen molar-refractivity contribution < 1.29 is 9.90 Å². The third-order valence-electron chi connectivity index (χ3n) is 2.81. The van der Waals surface area contributed by atoms with Crippen LogP contribution in [0.15, 0.2) is 12.3 Å². The summed E-state index contributed by atoms with van der Waals surface area (Å²) in [7, 11) is 0. The van der Waals surface area contributed by atoms with E-state index < -0.39 is 0 Å². The molecule has 0 bridgehead atoms. The summed E-state index contributed by atoms with van der Waals surface area (Å²) in [4.78, 5) is 12.0. The number of carbonyl (C=O) groups is 1. The Morgan fingerprint density at radius 3 is 2.71 bits per heavy atom. The van der Waals surface area contributed by atoms with E-state index >= 15 is 0 Å². The first-order valence-corrected chi connectivity index (χ1v) is 5.87. The minimum atomic E-state index is -0.232. The topological polar surface area (TPSA) is 80.3 Å². The van der Waals surface area contributed by atoms with Crippen LogP contribution in [0.4, 0.5) is 5.69 Å². The van der Waals surface area contributed by atoms with E-state index in [0.29, 0.717) is 17.9 Å². The Hall–Kier alpha value is -1.49. The number of nitrogens with zero attached hydrogens (tertiary/aromatic N) is 1. The number of amides is 1. The lowest BCUT2D eigenvalue weighted by Crippen LogP contribution is -2.41. The smallest absolute Gasteiger partial charge is 0.268 e. The number of hydrogen-bond acceptors (Lipinski definition) is 3. The molecule has 17 heavy (non-hydrogen) atoms. The van der Waals surface area contributed by atoms with E-state index in [1.807, 2.05) is 20.8 Å². The summed E-state index contributed by atoms with van der Waals surface area (Å²) in [6.45, 7) is 6.47. The van der Waals surface area contributed by atoms with Crippen molar-refractivity contribution in [1.29, 1.82) is 0 Å². The monoisotopic (exact) mass is 239 g/mol. The van der Waals surface area contributed by atoms with Crippen molar-refractivity contribution in [1.82, 2.24) is 9.88 Å². The number of nitrogens with one attached hydrogen (secondary N) is 1. The van der Waals surface area contributed by atoms with E-state index in [1.165, 1.54) is 0 Å². The van der Waals surface area contributed by atoms with Crippen molar-refractivity contribution in [3.8, 4) is 0 Å². The summed E-state index contributed by atoms with van der Waals surface area (Å²) in [6, 6.07) is 1.41. The minimum Gasteiger partial charge on any atom is -0.397 e. The zero-order valence-corrected chi connectivity index (χ0v) is 10.6. The van der Waals surface area contributed by atoms with E-state index in [2.05, 4.69) is 5.32 Å². The molecule has 0 aliphatic rings. The van der Waals surface area contributed by atoms with Gasteiger partial charge >= 0.3 is 0 Å². The van der Waals surface area contributed by atoms with Crippen LogP contribution in [-0.4, -0.2) is 28.2 Å². The van der Waals surface area contributed by atoms with Crippen molar-refractivity contribution >= 4 is 11.6 Å². The van der Waals surface area contributed by atoms with Gasteiger partial charge in [-0.3, -0.25) is 4.79 Å². The number of carbonyl (C=O) groups excluding carboxylic acids is 1. The molecule has 5 heteroatoms. The van der Waals surface area contributed by atoms with Gasteiger partial charge < -0.3 is 20.7 Å².